The number of halogens is 4. The maximum atomic E-state index is 12.9. The Morgan fingerprint density at radius 2 is 2.04 bits per heavy atom. The van der Waals surface area contributed by atoms with Crippen LogP contribution in [0, 0.1) is 0 Å². The molecule has 0 bridgehead atoms. The largest absolute Gasteiger partial charge is 0.451 e. The zero-order valence-electron chi connectivity index (χ0n) is 13.9. The Morgan fingerprint density at radius 1 is 1.35 bits per heavy atom. The molecule has 138 valence electrons. The molecule has 26 heavy (non-hydrogen) atoms. The van der Waals surface area contributed by atoms with E-state index in [4.69, 9.17) is 11.6 Å². The predicted octanol–water partition coefficient (Wildman–Crippen LogP) is 4.88. The minimum Gasteiger partial charge on any atom is -0.425 e. The van der Waals surface area contributed by atoms with Crippen LogP contribution in [0.5, 0.6) is 5.75 Å². The van der Waals surface area contributed by atoms with Gasteiger partial charge in [0.15, 0.2) is 5.82 Å². The Morgan fingerprint density at radius 3 is 2.65 bits per heavy atom. The van der Waals surface area contributed by atoms with E-state index in [1.165, 1.54) is 23.0 Å². The summed E-state index contributed by atoms with van der Waals surface area (Å²) in [6.45, 7) is 3.88. The highest BCUT2D eigenvalue weighted by Gasteiger charge is 2.26. The topological polar surface area (TPSA) is 64.3 Å². The van der Waals surface area contributed by atoms with Gasteiger partial charge >= 0.3 is 4.12 Å². The first kappa shape index (κ1) is 19.0. The van der Waals surface area contributed by atoms with Crippen LogP contribution in [-0.4, -0.2) is 23.7 Å². The molecule has 0 saturated carbocycles. The summed E-state index contributed by atoms with van der Waals surface area (Å²) in [7, 11) is 0. The van der Waals surface area contributed by atoms with Crippen molar-refractivity contribution in [2.24, 2.45) is 0 Å². The molecule has 0 saturated heterocycles. The second-order valence-corrected chi connectivity index (χ2v) is 7.16. The SMILES string of the molecule is CCc1nc2ncnn2c(N[C@@H](C)c2ccc(OC(F)(F)I)cc2)c1Cl. The van der Waals surface area contributed by atoms with E-state index in [1.807, 2.05) is 13.8 Å². The molecule has 10 heteroatoms. The highest BCUT2D eigenvalue weighted by atomic mass is 127. The number of hydrogen-bond acceptors (Lipinski definition) is 5. The summed E-state index contributed by atoms with van der Waals surface area (Å²) < 4.78 is 28.6. The van der Waals surface area contributed by atoms with Gasteiger partial charge in [0.1, 0.15) is 17.1 Å². The highest BCUT2D eigenvalue weighted by molar-refractivity contribution is 14.1. The molecule has 0 spiro atoms. The molecule has 6 nitrogen and oxygen atoms in total. The zero-order valence-corrected chi connectivity index (χ0v) is 16.8. The fourth-order valence-corrected chi connectivity index (χ4v) is 3.04. The van der Waals surface area contributed by atoms with Crippen LogP contribution < -0.4 is 10.1 Å². The second kappa shape index (κ2) is 7.47. The van der Waals surface area contributed by atoms with Crippen molar-refractivity contribution in [3.8, 4) is 5.75 Å². The van der Waals surface area contributed by atoms with Gasteiger partial charge in [-0.15, -0.1) is 0 Å². The number of fused-ring (bicyclic) bond motifs is 1. The van der Waals surface area contributed by atoms with E-state index in [-0.39, 0.29) is 11.8 Å². The first-order valence-corrected chi connectivity index (χ1v) is 9.24. The summed E-state index contributed by atoms with van der Waals surface area (Å²) in [5.74, 6) is 1.13. The molecular weight excluding hydrogens is 479 g/mol. The summed E-state index contributed by atoms with van der Waals surface area (Å²) in [5.41, 5.74) is 1.59. The highest BCUT2D eigenvalue weighted by Crippen LogP contribution is 2.31. The third-order valence-corrected chi connectivity index (χ3v) is 4.36. The minimum atomic E-state index is -3.25. The number of aryl methyl sites for hydroxylation is 1. The van der Waals surface area contributed by atoms with Crippen molar-refractivity contribution in [3.05, 3.63) is 46.9 Å². The van der Waals surface area contributed by atoms with Gasteiger partial charge in [-0.1, -0.05) is 30.7 Å². The maximum Gasteiger partial charge on any atom is 0.451 e. The molecule has 0 radical (unpaired) electrons. The molecule has 0 amide bonds. The molecule has 1 atom stereocenters. The Bertz CT molecular complexity index is 913. The predicted molar refractivity (Wildman–Crippen MR) is 103 cm³/mol. The maximum absolute atomic E-state index is 12.9. The molecule has 0 fully saturated rings. The van der Waals surface area contributed by atoms with Crippen LogP contribution in [0.2, 0.25) is 5.02 Å². The van der Waals surface area contributed by atoms with Crippen molar-refractivity contribution in [1.82, 2.24) is 19.6 Å². The van der Waals surface area contributed by atoms with E-state index in [9.17, 15) is 8.78 Å². The number of ether oxygens (including phenoxy) is 1. The van der Waals surface area contributed by atoms with E-state index in [1.54, 1.807) is 12.1 Å². The molecule has 0 aliphatic rings. The van der Waals surface area contributed by atoms with Crippen LogP contribution in [0.1, 0.15) is 31.1 Å². The van der Waals surface area contributed by atoms with Crippen LogP contribution in [0.25, 0.3) is 5.78 Å². The Hall–Kier alpha value is -1.75. The number of benzene rings is 1. The van der Waals surface area contributed by atoms with Crippen LogP contribution in [0.4, 0.5) is 14.6 Å². The molecular formula is C16H15ClF2IN5O. The number of nitrogens with zero attached hydrogens (tertiary/aromatic N) is 4. The normalized spacial score (nSPS) is 13.0. The third kappa shape index (κ3) is 4.14. The number of anilines is 1. The number of nitrogens with one attached hydrogen (secondary N) is 1. The van der Waals surface area contributed by atoms with Gasteiger partial charge in [0.25, 0.3) is 5.78 Å². The number of aromatic nitrogens is 4. The first-order valence-electron chi connectivity index (χ1n) is 7.79. The minimum absolute atomic E-state index is 0.0919. The third-order valence-electron chi connectivity index (χ3n) is 3.74. The molecule has 3 aromatic rings. The molecule has 3 rings (SSSR count). The van der Waals surface area contributed by atoms with Gasteiger partial charge < -0.3 is 10.1 Å². The van der Waals surface area contributed by atoms with Crippen molar-refractivity contribution >= 4 is 45.8 Å². The summed E-state index contributed by atoms with van der Waals surface area (Å²) >= 11 is 7.39. The molecule has 2 heterocycles. The number of alkyl halides is 3. The van der Waals surface area contributed by atoms with Crippen LogP contribution >= 0.6 is 34.2 Å². The Balaban J connectivity index is 1.86. The van der Waals surface area contributed by atoms with Crippen LogP contribution in [0.3, 0.4) is 0 Å². The molecule has 2 aromatic heterocycles. The zero-order chi connectivity index (χ0) is 18.9. The lowest BCUT2D eigenvalue weighted by Crippen LogP contribution is -2.15. The van der Waals surface area contributed by atoms with E-state index in [0.717, 1.165) is 33.8 Å². The quantitative estimate of drug-likeness (QED) is 0.392. The van der Waals surface area contributed by atoms with Gasteiger partial charge in [0.05, 0.1) is 28.3 Å². The lowest BCUT2D eigenvalue weighted by molar-refractivity contribution is -0.0691. The first-order chi connectivity index (χ1) is 12.3. The summed E-state index contributed by atoms with van der Waals surface area (Å²) in [4.78, 5) is 8.48. The van der Waals surface area contributed by atoms with Crippen LogP contribution in [0.15, 0.2) is 30.6 Å². The number of rotatable bonds is 6. The molecule has 1 N–H and O–H groups in total. The lowest BCUT2D eigenvalue weighted by Gasteiger charge is -2.19. The molecule has 0 unspecified atom stereocenters. The second-order valence-electron chi connectivity index (χ2n) is 5.53. The van der Waals surface area contributed by atoms with E-state index >= 15 is 0 Å². The smallest absolute Gasteiger partial charge is 0.425 e. The van der Waals surface area contributed by atoms with Gasteiger partial charge in [-0.3, -0.25) is 0 Å². The Kier molecular flexibility index (Phi) is 5.47. The van der Waals surface area contributed by atoms with Crippen molar-refractivity contribution in [3.63, 3.8) is 0 Å². The van der Waals surface area contributed by atoms with Gasteiger partial charge in [0, 0.05) is 6.04 Å². The van der Waals surface area contributed by atoms with Crippen molar-refractivity contribution in [2.45, 2.75) is 30.4 Å². The monoisotopic (exact) mass is 493 g/mol. The summed E-state index contributed by atoms with van der Waals surface area (Å²) in [6, 6.07) is 6.25. The standard InChI is InChI=1S/C16H15ClF2IN5O/c1-3-12-13(17)14(25-15(24-12)21-8-22-25)23-9(2)10-4-6-11(7-5-10)26-16(18,19)20/h4-9,23H,3H2,1-2H3/t9-/m0/s1. The lowest BCUT2D eigenvalue weighted by atomic mass is 10.1. The van der Waals surface area contributed by atoms with Gasteiger partial charge in [-0.2, -0.15) is 23.4 Å². The number of hydrogen-bond donors (Lipinski definition) is 1. The van der Waals surface area contributed by atoms with Gasteiger partial charge in [-0.25, -0.2) is 4.98 Å². The fourth-order valence-electron chi connectivity index (χ4n) is 2.47. The molecule has 0 aliphatic heterocycles. The molecule has 1 aromatic carbocycles. The molecule has 0 aliphatic carbocycles. The summed E-state index contributed by atoms with van der Waals surface area (Å²) in [6.07, 6.45) is 2.06. The van der Waals surface area contributed by atoms with Crippen molar-refractivity contribution < 1.29 is 13.5 Å². The van der Waals surface area contributed by atoms with Crippen molar-refractivity contribution in [2.75, 3.05) is 5.32 Å². The van der Waals surface area contributed by atoms with Gasteiger partial charge in [0.2, 0.25) is 0 Å². The van der Waals surface area contributed by atoms with Crippen LogP contribution in [-0.2, 0) is 6.42 Å². The Labute approximate surface area is 167 Å². The average Bonchev–Trinajstić information content (AvgIpc) is 3.04. The average molecular weight is 494 g/mol. The van der Waals surface area contributed by atoms with E-state index in [2.05, 4.69) is 25.1 Å². The fraction of sp³-hybridized carbons (Fsp3) is 0.312. The van der Waals surface area contributed by atoms with Crippen molar-refractivity contribution in [1.29, 1.82) is 0 Å². The van der Waals surface area contributed by atoms with E-state index in [0.29, 0.717) is 23.0 Å². The van der Waals surface area contributed by atoms with Gasteiger partial charge in [-0.05, 0) is 31.0 Å². The van der Waals surface area contributed by atoms with E-state index < -0.39 is 4.12 Å². The summed E-state index contributed by atoms with van der Waals surface area (Å²) in [5, 5.41) is 7.92.